The number of benzene rings is 1. The number of fused-ring (bicyclic) bond motifs is 2. The van der Waals surface area contributed by atoms with E-state index >= 15 is 0 Å². The molecule has 2 heterocycles. The molecule has 21 heavy (non-hydrogen) atoms. The first-order valence-electron chi connectivity index (χ1n) is 7.07. The fourth-order valence-electron chi connectivity index (χ4n) is 3.05. The molecule has 6 nitrogen and oxygen atoms in total. The van der Waals surface area contributed by atoms with Crippen LogP contribution < -0.4 is 21.6 Å². The number of carbonyl (C=O) groups is 1. The Bertz CT molecular complexity index is 683. The van der Waals surface area contributed by atoms with Crippen molar-refractivity contribution in [1.29, 1.82) is 0 Å². The predicted octanol–water partition coefficient (Wildman–Crippen LogP) is -0.467. The number of hydrogen-bond donors (Lipinski definition) is 2. The first kappa shape index (κ1) is 13.9. The quantitative estimate of drug-likeness (QED) is 0.788. The van der Waals surface area contributed by atoms with Gasteiger partial charge in [0.2, 0.25) is 0 Å². The molecule has 2 aliphatic rings. The minimum atomic E-state index is -0.743. The summed E-state index contributed by atoms with van der Waals surface area (Å²) in [6.07, 6.45) is -0.743. The van der Waals surface area contributed by atoms with Gasteiger partial charge < -0.3 is 15.4 Å². The Morgan fingerprint density at radius 3 is 3.05 bits per heavy atom. The summed E-state index contributed by atoms with van der Waals surface area (Å²) >= 11 is 0. The fourth-order valence-corrected chi connectivity index (χ4v) is 3.05. The van der Waals surface area contributed by atoms with Crippen LogP contribution in [0.2, 0.25) is 0 Å². The largest absolute Gasteiger partial charge is 0.442 e. The molecule has 0 radical (unpaired) electrons. The monoisotopic (exact) mass is 288 g/mol. The molecule has 1 fully saturated rings. The van der Waals surface area contributed by atoms with Crippen LogP contribution >= 0.6 is 0 Å². The van der Waals surface area contributed by atoms with E-state index in [4.69, 9.17) is 10.5 Å². The Morgan fingerprint density at radius 2 is 2.29 bits per heavy atom. The number of amides is 1. The molecule has 0 aromatic heterocycles. The van der Waals surface area contributed by atoms with Gasteiger partial charge in [-0.05, 0) is 19.9 Å². The van der Waals surface area contributed by atoms with E-state index < -0.39 is 11.7 Å². The van der Waals surface area contributed by atoms with Crippen molar-refractivity contribution in [3.8, 4) is 0 Å². The zero-order valence-electron chi connectivity index (χ0n) is 12.3. The van der Waals surface area contributed by atoms with E-state index in [1.54, 1.807) is 0 Å². The van der Waals surface area contributed by atoms with Gasteiger partial charge in [0.25, 0.3) is 0 Å². The highest BCUT2D eigenvalue weighted by atomic mass is 16.6. The van der Waals surface area contributed by atoms with Crippen LogP contribution in [0.15, 0.2) is 29.3 Å². The van der Waals surface area contributed by atoms with Crippen molar-refractivity contribution in [3.05, 3.63) is 34.8 Å². The summed E-state index contributed by atoms with van der Waals surface area (Å²) in [6.45, 7) is 5.77. The van der Waals surface area contributed by atoms with E-state index in [-0.39, 0.29) is 6.04 Å². The van der Waals surface area contributed by atoms with Gasteiger partial charge in [0.05, 0.1) is 31.2 Å². The normalized spacial score (nSPS) is 20.6. The van der Waals surface area contributed by atoms with Gasteiger partial charge >= 0.3 is 6.09 Å². The first-order valence-corrected chi connectivity index (χ1v) is 7.07. The van der Waals surface area contributed by atoms with Crippen molar-refractivity contribution in [2.75, 3.05) is 19.8 Å². The van der Waals surface area contributed by atoms with Crippen molar-refractivity contribution in [2.45, 2.75) is 25.5 Å². The molecule has 1 amide bonds. The third-order valence-electron chi connectivity index (χ3n) is 3.77. The predicted molar refractivity (Wildman–Crippen MR) is 78.7 cm³/mol. The molecule has 1 aromatic rings. The number of primary amides is 1. The lowest BCUT2D eigenvalue weighted by Crippen LogP contribution is -2.45. The summed E-state index contributed by atoms with van der Waals surface area (Å²) < 4.78 is 5.20. The van der Waals surface area contributed by atoms with E-state index in [0.29, 0.717) is 6.54 Å². The average Bonchev–Trinajstić information content (AvgIpc) is 2.80. The van der Waals surface area contributed by atoms with Crippen LogP contribution in [0.3, 0.4) is 0 Å². The Morgan fingerprint density at radius 1 is 1.52 bits per heavy atom. The first-order chi connectivity index (χ1) is 9.96. The molecule has 3 rings (SSSR count). The molecule has 1 unspecified atom stereocenters. The average molecular weight is 288 g/mol. The zero-order chi connectivity index (χ0) is 15.0. The lowest BCUT2D eigenvalue weighted by atomic mass is 10.1. The van der Waals surface area contributed by atoms with Gasteiger partial charge in [-0.2, -0.15) is 0 Å². The number of ether oxygens (including phenoxy) is 1. The van der Waals surface area contributed by atoms with E-state index in [1.807, 2.05) is 32.0 Å². The van der Waals surface area contributed by atoms with Crippen molar-refractivity contribution < 1.29 is 9.53 Å². The smallest absolute Gasteiger partial charge is 0.405 e. The molecule has 0 spiro atoms. The molecule has 1 saturated heterocycles. The van der Waals surface area contributed by atoms with Crippen LogP contribution in [-0.4, -0.2) is 42.4 Å². The van der Waals surface area contributed by atoms with Gasteiger partial charge in [-0.3, -0.25) is 10.3 Å². The number of nitrogens with zero attached hydrogens (tertiary/aromatic N) is 2. The summed E-state index contributed by atoms with van der Waals surface area (Å²) in [5.74, 6) is 0. The van der Waals surface area contributed by atoms with E-state index in [1.165, 1.54) is 5.70 Å². The SMILES string of the molecule is CC(C)(CN1CNC2CN=c3ccccc3=C21)OC(N)=O. The Labute approximate surface area is 123 Å². The van der Waals surface area contributed by atoms with E-state index in [9.17, 15) is 4.79 Å². The summed E-state index contributed by atoms with van der Waals surface area (Å²) in [5.41, 5.74) is 5.73. The van der Waals surface area contributed by atoms with Crippen molar-refractivity contribution in [3.63, 3.8) is 0 Å². The minimum absolute atomic E-state index is 0.226. The third-order valence-corrected chi connectivity index (χ3v) is 3.77. The summed E-state index contributed by atoms with van der Waals surface area (Å²) in [6, 6.07) is 8.35. The molecule has 2 aliphatic heterocycles. The Hall–Kier alpha value is -2.08. The van der Waals surface area contributed by atoms with Gasteiger partial charge in [0.1, 0.15) is 5.60 Å². The molecule has 112 valence electrons. The van der Waals surface area contributed by atoms with Crippen molar-refractivity contribution >= 4 is 11.8 Å². The van der Waals surface area contributed by atoms with Gasteiger partial charge in [0, 0.05) is 10.9 Å². The second-order valence-corrected chi connectivity index (χ2v) is 6.04. The highest BCUT2D eigenvalue weighted by molar-refractivity contribution is 5.65. The molecule has 0 saturated carbocycles. The molecular weight excluding hydrogens is 268 g/mol. The van der Waals surface area contributed by atoms with Crippen LogP contribution in [0.4, 0.5) is 4.79 Å². The Kier molecular flexibility index (Phi) is 3.33. The maximum absolute atomic E-state index is 11.0. The highest BCUT2D eigenvalue weighted by Crippen LogP contribution is 2.22. The maximum atomic E-state index is 11.0. The third kappa shape index (κ3) is 2.71. The lowest BCUT2D eigenvalue weighted by molar-refractivity contribution is 0.0290. The van der Waals surface area contributed by atoms with Crippen LogP contribution in [0.25, 0.3) is 5.70 Å². The molecular formula is C15H20N4O2. The number of nitrogens with one attached hydrogen (secondary N) is 1. The summed E-state index contributed by atoms with van der Waals surface area (Å²) in [4.78, 5) is 17.8. The summed E-state index contributed by atoms with van der Waals surface area (Å²) in [5, 5.41) is 5.62. The lowest BCUT2D eigenvalue weighted by Gasteiger charge is -2.31. The number of para-hydroxylation sites is 1. The molecule has 0 aliphatic carbocycles. The van der Waals surface area contributed by atoms with Crippen LogP contribution in [-0.2, 0) is 4.74 Å². The molecule has 1 atom stereocenters. The van der Waals surface area contributed by atoms with Crippen LogP contribution in [0, 0.1) is 0 Å². The number of carbonyl (C=O) groups excluding carboxylic acids is 1. The van der Waals surface area contributed by atoms with Crippen LogP contribution in [0.5, 0.6) is 0 Å². The van der Waals surface area contributed by atoms with Gasteiger partial charge in [-0.1, -0.05) is 18.2 Å². The minimum Gasteiger partial charge on any atom is -0.442 e. The number of hydrogen-bond acceptors (Lipinski definition) is 5. The fraction of sp³-hybridized carbons (Fsp3) is 0.467. The second-order valence-electron chi connectivity index (χ2n) is 6.04. The molecule has 1 aromatic carbocycles. The van der Waals surface area contributed by atoms with Gasteiger partial charge in [-0.25, -0.2) is 4.79 Å². The standard InChI is InChI=1S/C15H20N4O2/c1-15(2,21-14(16)20)8-19-9-18-12-7-17-11-6-4-3-5-10(11)13(12)19/h3-6,12,18H,7-9H2,1-2H3,(H2,16,20). The van der Waals surface area contributed by atoms with Gasteiger partial charge in [0.15, 0.2) is 0 Å². The highest BCUT2D eigenvalue weighted by Gasteiger charge is 2.34. The topological polar surface area (TPSA) is 79.9 Å². The molecule has 6 heteroatoms. The summed E-state index contributed by atoms with van der Waals surface area (Å²) in [7, 11) is 0. The number of nitrogens with two attached hydrogens (primary N) is 1. The van der Waals surface area contributed by atoms with Crippen molar-refractivity contribution in [1.82, 2.24) is 10.2 Å². The van der Waals surface area contributed by atoms with Gasteiger partial charge in [-0.15, -0.1) is 0 Å². The number of rotatable bonds is 3. The molecule has 0 bridgehead atoms. The molecule has 3 N–H and O–H groups in total. The van der Waals surface area contributed by atoms with E-state index in [0.717, 1.165) is 23.8 Å². The zero-order valence-corrected chi connectivity index (χ0v) is 12.3. The van der Waals surface area contributed by atoms with E-state index in [2.05, 4.69) is 21.3 Å². The van der Waals surface area contributed by atoms with Crippen molar-refractivity contribution in [2.24, 2.45) is 10.7 Å². The van der Waals surface area contributed by atoms with Crippen LogP contribution in [0.1, 0.15) is 13.8 Å². The Balaban J connectivity index is 1.96. The maximum Gasteiger partial charge on any atom is 0.405 e. The second kappa shape index (κ2) is 5.04.